The molecule has 0 saturated heterocycles. The van der Waals surface area contributed by atoms with Gasteiger partial charge in [0.25, 0.3) is 0 Å². The first-order valence-corrected chi connectivity index (χ1v) is 6.45. The molecule has 1 unspecified atom stereocenters. The topological polar surface area (TPSA) is 70.2 Å². The third-order valence-electron chi connectivity index (χ3n) is 2.69. The van der Waals surface area contributed by atoms with Crippen molar-refractivity contribution in [2.24, 2.45) is 0 Å². The second-order valence-electron chi connectivity index (χ2n) is 4.09. The lowest BCUT2D eigenvalue weighted by atomic mass is 10.1. The van der Waals surface area contributed by atoms with Crippen molar-refractivity contribution in [3.63, 3.8) is 0 Å². The summed E-state index contributed by atoms with van der Waals surface area (Å²) in [6, 6.07) is 5.35. The Kier molecular flexibility index (Phi) is 3.98. The minimum absolute atomic E-state index is 0.0640. The Bertz CT molecular complexity index is 490. The quantitative estimate of drug-likeness (QED) is 0.731. The molecule has 0 bridgehead atoms. The Morgan fingerprint density at radius 1 is 1.44 bits per heavy atom. The van der Waals surface area contributed by atoms with Crippen LogP contribution in [0.4, 0.5) is 5.69 Å². The van der Waals surface area contributed by atoms with Gasteiger partial charge < -0.3 is 16.0 Å². The van der Waals surface area contributed by atoms with E-state index in [-0.39, 0.29) is 17.9 Å². The number of hydrogen-bond donors (Lipinski definition) is 3. The second-order valence-corrected chi connectivity index (χ2v) is 5.01. The summed E-state index contributed by atoms with van der Waals surface area (Å²) < 4.78 is 0.931. The highest BCUT2D eigenvalue weighted by Gasteiger charge is 2.29. The van der Waals surface area contributed by atoms with Crippen LogP contribution < -0.4 is 16.0 Å². The minimum Gasteiger partial charge on any atom is -0.355 e. The molecule has 1 aromatic rings. The van der Waals surface area contributed by atoms with E-state index >= 15 is 0 Å². The van der Waals surface area contributed by atoms with Gasteiger partial charge in [0.2, 0.25) is 11.8 Å². The Labute approximate surface area is 113 Å². The molecule has 1 atom stereocenters. The minimum atomic E-state index is -0.346. The van der Waals surface area contributed by atoms with E-state index in [0.29, 0.717) is 13.1 Å². The summed E-state index contributed by atoms with van der Waals surface area (Å²) in [5, 5.41) is 8.62. The third-order valence-corrected chi connectivity index (χ3v) is 3.19. The zero-order valence-corrected chi connectivity index (χ0v) is 11.5. The van der Waals surface area contributed by atoms with Crippen molar-refractivity contribution >= 4 is 33.4 Å². The van der Waals surface area contributed by atoms with Gasteiger partial charge in [0, 0.05) is 35.7 Å². The van der Waals surface area contributed by atoms with Crippen LogP contribution in [0.2, 0.25) is 0 Å². The van der Waals surface area contributed by atoms with Crippen LogP contribution in [0.1, 0.15) is 18.5 Å². The van der Waals surface area contributed by atoms with Gasteiger partial charge >= 0.3 is 0 Å². The highest BCUT2D eigenvalue weighted by Crippen LogP contribution is 2.32. The van der Waals surface area contributed by atoms with Crippen molar-refractivity contribution in [1.82, 2.24) is 10.6 Å². The molecule has 0 radical (unpaired) electrons. The van der Waals surface area contributed by atoms with E-state index in [4.69, 9.17) is 0 Å². The smallest absolute Gasteiger partial charge is 0.246 e. The van der Waals surface area contributed by atoms with Gasteiger partial charge in [-0.2, -0.15) is 0 Å². The fraction of sp³-hybridized carbons (Fsp3) is 0.333. The Hall–Kier alpha value is -1.40. The molecule has 18 heavy (non-hydrogen) atoms. The molecule has 1 aromatic carbocycles. The maximum absolute atomic E-state index is 11.8. The summed E-state index contributed by atoms with van der Waals surface area (Å²) >= 11 is 3.37. The fourth-order valence-electron chi connectivity index (χ4n) is 1.89. The van der Waals surface area contributed by atoms with Crippen molar-refractivity contribution in [1.29, 1.82) is 0 Å². The maximum atomic E-state index is 11.8. The first kappa shape index (κ1) is 13.0. The first-order valence-electron chi connectivity index (χ1n) is 5.66. The zero-order chi connectivity index (χ0) is 13.1. The van der Waals surface area contributed by atoms with Crippen molar-refractivity contribution < 1.29 is 9.59 Å². The van der Waals surface area contributed by atoms with Crippen molar-refractivity contribution in [3.05, 3.63) is 28.2 Å². The first-order chi connectivity index (χ1) is 8.58. The lowest BCUT2D eigenvalue weighted by molar-refractivity contribution is -0.118. The van der Waals surface area contributed by atoms with Crippen molar-refractivity contribution in [2.45, 2.75) is 13.0 Å². The summed E-state index contributed by atoms with van der Waals surface area (Å²) in [6.45, 7) is 2.52. The molecule has 0 saturated carbocycles. The van der Waals surface area contributed by atoms with Gasteiger partial charge in [-0.15, -0.1) is 0 Å². The van der Waals surface area contributed by atoms with Gasteiger partial charge in [-0.05, 0) is 12.1 Å². The summed E-state index contributed by atoms with van der Waals surface area (Å²) in [4.78, 5) is 22.5. The van der Waals surface area contributed by atoms with Gasteiger partial charge in [-0.25, -0.2) is 0 Å². The van der Waals surface area contributed by atoms with Crippen molar-refractivity contribution in [2.75, 3.05) is 18.4 Å². The van der Waals surface area contributed by atoms with E-state index in [1.165, 1.54) is 6.92 Å². The largest absolute Gasteiger partial charge is 0.355 e. The number of carbonyl (C=O) groups is 2. The lowest BCUT2D eigenvalue weighted by Crippen LogP contribution is -2.34. The molecule has 5 nitrogen and oxygen atoms in total. The summed E-state index contributed by atoms with van der Waals surface area (Å²) in [5.41, 5.74) is 1.76. The number of hydrogen-bond acceptors (Lipinski definition) is 3. The molecule has 2 rings (SSSR count). The van der Waals surface area contributed by atoms with E-state index < -0.39 is 0 Å². The predicted octanol–water partition coefficient (Wildman–Crippen LogP) is 1.17. The second kappa shape index (κ2) is 5.49. The molecule has 2 amide bonds. The lowest BCUT2D eigenvalue weighted by Gasteiger charge is -2.11. The summed E-state index contributed by atoms with van der Waals surface area (Å²) in [5.74, 6) is -0.136. The number of halogens is 1. The standard InChI is InChI=1S/C12H14BrN3O2/c1-7(17)14-4-5-15-11-9-3-2-8(13)6-10(9)16-12(11)18/h2-3,6,11,15H,4-5H2,1H3,(H,14,17)(H,16,18). The number of carbonyl (C=O) groups excluding carboxylic acids is 2. The molecule has 1 aliphatic heterocycles. The fourth-order valence-corrected chi connectivity index (χ4v) is 2.25. The number of nitrogens with one attached hydrogen (secondary N) is 3. The van der Waals surface area contributed by atoms with Crippen LogP contribution in [0, 0.1) is 0 Å². The number of benzene rings is 1. The van der Waals surface area contributed by atoms with E-state index in [2.05, 4.69) is 31.9 Å². The highest BCUT2D eigenvalue weighted by atomic mass is 79.9. The molecule has 0 aromatic heterocycles. The van der Waals surface area contributed by atoms with Crippen LogP contribution in [-0.2, 0) is 9.59 Å². The van der Waals surface area contributed by atoms with Crippen molar-refractivity contribution in [3.8, 4) is 0 Å². The zero-order valence-electron chi connectivity index (χ0n) is 9.92. The van der Waals surface area contributed by atoms with Gasteiger partial charge in [-0.3, -0.25) is 9.59 Å². The van der Waals surface area contributed by atoms with Crippen LogP contribution in [0.15, 0.2) is 22.7 Å². The molecule has 1 heterocycles. The van der Waals surface area contributed by atoms with Crippen LogP contribution in [0.5, 0.6) is 0 Å². The number of anilines is 1. The van der Waals surface area contributed by atoms with Gasteiger partial charge in [0.1, 0.15) is 6.04 Å². The monoisotopic (exact) mass is 311 g/mol. The molecule has 0 spiro atoms. The molecule has 3 N–H and O–H groups in total. The number of fused-ring (bicyclic) bond motifs is 1. The Balaban J connectivity index is 1.98. The Morgan fingerprint density at radius 2 is 2.22 bits per heavy atom. The normalized spacial score (nSPS) is 17.2. The predicted molar refractivity (Wildman–Crippen MR) is 72.2 cm³/mol. The van der Waals surface area contributed by atoms with Crippen LogP contribution >= 0.6 is 15.9 Å². The van der Waals surface area contributed by atoms with Crippen LogP contribution in [-0.4, -0.2) is 24.9 Å². The molecule has 0 fully saturated rings. The number of amides is 2. The van der Waals surface area contributed by atoms with E-state index in [1.54, 1.807) is 0 Å². The van der Waals surface area contributed by atoms with Gasteiger partial charge in [0.15, 0.2) is 0 Å². The SMILES string of the molecule is CC(=O)NCCNC1C(=O)Nc2cc(Br)ccc21. The van der Waals surface area contributed by atoms with Gasteiger partial charge in [-0.1, -0.05) is 22.0 Å². The average Bonchev–Trinajstić information content (AvgIpc) is 2.59. The molecule has 1 aliphatic rings. The summed E-state index contributed by atoms with van der Waals surface area (Å²) in [6.07, 6.45) is 0. The number of rotatable bonds is 4. The molecule has 96 valence electrons. The third kappa shape index (κ3) is 2.88. The molecule has 6 heteroatoms. The highest BCUT2D eigenvalue weighted by molar-refractivity contribution is 9.10. The molecular weight excluding hydrogens is 298 g/mol. The average molecular weight is 312 g/mol. The Morgan fingerprint density at radius 3 is 2.94 bits per heavy atom. The molecule has 0 aliphatic carbocycles. The van der Waals surface area contributed by atoms with Crippen LogP contribution in [0.3, 0.4) is 0 Å². The van der Waals surface area contributed by atoms with E-state index in [1.807, 2.05) is 18.2 Å². The van der Waals surface area contributed by atoms with Crippen LogP contribution in [0.25, 0.3) is 0 Å². The van der Waals surface area contributed by atoms with Gasteiger partial charge in [0.05, 0.1) is 0 Å². The van der Waals surface area contributed by atoms with E-state index in [0.717, 1.165) is 15.7 Å². The molecular formula is C12H14BrN3O2. The maximum Gasteiger partial charge on any atom is 0.246 e. The van der Waals surface area contributed by atoms with E-state index in [9.17, 15) is 9.59 Å². The summed E-state index contributed by atoms with van der Waals surface area (Å²) in [7, 11) is 0.